The van der Waals surface area contributed by atoms with Gasteiger partial charge in [-0.15, -0.1) is 5.10 Å². The molecule has 0 radical (unpaired) electrons. The van der Waals surface area contributed by atoms with E-state index in [1.54, 1.807) is 30.3 Å². The largest absolute Gasteiger partial charge is 0.493 e. The molecule has 0 aliphatic heterocycles. The summed E-state index contributed by atoms with van der Waals surface area (Å²) in [6, 6.07) is 17.9. The minimum atomic E-state index is -0.760. The molecule has 0 spiro atoms. The lowest BCUT2D eigenvalue weighted by atomic mass is 10.1. The smallest absolute Gasteiger partial charge is 0.294 e. The van der Waals surface area contributed by atoms with E-state index >= 15 is 0 Å². The summed E-state index contributed by atoms with van der Waals surface area (Å²) < 4.78 is 17.0. The second kappa shape index (κ2) is 12.1. The maximum absolute atomic E-state index is 13.1. The van der Waals surface area contributed by atoms with Gasteiger partial charge in [0.05, 0.1) is 18.2 Å². The summed E-state index contributed by atoms with van der Waals surface area (Å²) in [7, 11) is 1.50. The molecule has 0 atom stereocenters. The van der Waals surface area contributed by atoms with Gasteiger partial charge in [-0.05, 0) is 51.8 Å². The Morgan fingerprint density at radius 2 is 1.98 bits per heavy atom. The van der Waals surface area contributed by atoms with Gasteiger partial charge < -0.3 is 15.2 Å². The maximum atomic E-state index is 13.1. The minimum absolute atomic E-state index is 0.0534. The quantitative estimate of drug-likeness (QED) is 0.136. The fourth-order valence-corrected chi connectivity index (χ4v) is 3.92. The van der Waals surface area contributed by atoms with Crippen LogP contribution in [0.15, 0.2) is 76.5 Å². The number of anilines is 1. The molecule has 0 saturated heterocycles. The molecule has 42 heavy (non-hydrogen) atoms. The molecule has 5 rings (SSSR count). The Hall–Kier alpha value is -5.83. The summed E-state index contributed by atoms with van der Waals surface area (Å²) in [5.74, 6) is 0.00875. The van der Waals surface area contributed by atoms with Gasteiger partial charge in [0, 0.05) is 22.7 Å². The number of nitrogen functional groups attached to an aromatic ring is 1. The number of rotatable bonds is 10. The van der Waals surface area contributed by atoms with Gasteiger partial charge in [0.2, 0.25) is 11.6 Å². The Balaban J connectivity index is 1.36. The average Bonchev–Trinajstić information content (AvgIpc) is 3.63. The molecule has 0 aliphatic rings. The standard InChI is InChI=1S/C26H20ClN9O6/c1-40-21-11-16(7-10-20(21)41-14-15-5-8-18(27)9-6-15)13-29-31-26(37)22-23(17-3-2-4-19(12-17)36(38)39)35(34-30-22)25-24(28)32-42-33-25/h2-13H,14H2,1H3,(H2,28,32)(H,31,37)/b29-13-. The molecule has 3 N–H and O–H groups in total. The second-order valence-electron chi connectivity index (χ2n) is 8.50. The number of hydrazone groups is 1. The number of carbonyl (C=O) groups excluding carboxylic acids is 1. The molecule has 212 valence electrons. The van der Waals surface area contributed by atoms with Gasteiger partial charge in [0.15, 0.2) is 17.2 Å². The van der Waals surface area contributed by atoms with E-state index in [4.69, 9.17) is 26.8 Å². The van der Waals surface area contributed by atoms with Crippen LogP contribution < -0.4 is 20.6 Å². The van der Waals surface area contributed by atoms with Gasteiger partial charge in [-0.25, -0.2) is 10.1 Å². The van der Waals surface area contributed by atoms with E-state index in [-0.39, 0.29) is 34.3 Å². The zero-order valence-electron chi connectivity index (χ0n) is 21.7. The number of nitro groups is 1. The molecule has 0 fully saturated rings. The number of non-ortho nitro benzene ring substituents is 1. The topological polar surface area (TPSA) is 199 Å². The first-order valence-corrected chi connectivity index (χ1v) is 12.4. The van der Waals surface area contributed by atoms with Crippen LogP contribution in [-0.4, -0.2) is 49.5 Å². The number of hydrogen-bond donors (Lipinski definition) is 2. The van der Waals surface area contributed by atoms with Crippen molar-refractivity contribution in [2.24, 2.45) is 5.10 Å². The number of halogens is 1. The van der Waals surface area contributed by atoms with Gasteiger partial charge in [0.25, 0.3) is 11.6 Å². The highest BCUT2D eigenvalue weighted by molar-refractivity contribution is 6.30. The summed E-state index contributed by atoms with van der Waals surface area (Å²) in [5, 5.41) is 31.1. The Morgan fingerprint density at radius 3 is 2.69 bits per heavy atom. The first-order chi connectivity index (χ1) is 20.3. The maximum Gasteiger partial charge on any atom is 0.294 e. The molecule has 5 aromatic rings. The van der Waals surface area contributed by atoms with Crippen LogP contribution in [-0.2, 0) is 6.61 Å². The SMILES string of the molecule is COc1cc(/C=N\NC(=O)c2nnn(-c3nonc3N)c2-c2cccc([N+](=O)[O-])c2)ccc1OCc1ccc(Cl)cc1. The van der Waals surface area contributed by atoms with E-state index in [0.717, 1.165) is 10.2 Å². The van der Waals surface area contributed by atoms with Crippen molar-refractivity contribution in [1.82, 2.24) is 30.7 Å². The van der Waals surface area contributed by atoms with Crippen LogP contribution >= 0.6 is 11.6 Å². The van der Waals surface area contributed by atoms with E-state index in [1.165, 1.54) is 37.6 Å². The lowest BCUT2D eigenvalue weighted by Crippen LogP contribution is -2.19. The molecule has 0 unspecified atom stereocenters. The van der Waals surface area contributed by atoms with E-state index < -0.39 is 10.8 Å². The first-order valence-electron chi connectivity index (χ1n) is 12.0. The number of nitrogens with one attached hydrogen (secondary N) is 1. The molecule has 0 aliphatic carbocycles. The molecule has 2 aromatic heterocycles. The summed E-state index contributed by atoms with van der Waals surface area (Å²) in [5.41, 5.74) is 9.57. The summed E-state index contributed by atoms with van der Waals surface area (Å²) >= 11 is 5.93. The van der Waals surface area contributed by atoms with E-state index in [2.05, 4.69) is 35.8 Å². The zero-order chi connectivity index (χ0) is 29.6. The van der Waals surface area contributed by atoms with Crippen molar-refractivity contribution in [1.29, 1.82) is 0 Å². The van der Waals surface area contributed by atoms with Crippen LogP contribution in [0.1, 0.15) is 21.6 Å². The molecule has 3 aromatic carbocycles. The van der Waals surface area contributed by atoms with Crippen LogP contribution in [0.25, 0.3) is 17.1 Å². The fraction of sp³-hybridized carbons (Fsp3) is 0.0769. The number of ether oxygens (including phenoxy) is 2. The van der Waals surface area contributed by atoms with Crippen molar-refractivity contribution >= 4 is 35.2 Å². The van der Waals surface area contributed by atoms with Gasteiger partial charge in [-0.1, -0.05) is 41.1 Å². The number of carbonyl (C=O) groups is 1. The summed E-state index contributed by atoms with van der Waals surface area (Å²) in [4.78, 5) is 23.9. The van der Waals surface area contributed by atoms with Gasteiger partial charge in [0.1, 0.15) is 12.3 Å². The molecule has 16 heteroatoms. The lowest BCUT2D eigenvalue weighted by Gasteiger charge is -2.11. The van der Waals surface area contributed by atoms with Crippen LogP contribution in [0.4, 0.5) is 11.5 Å². The Labute approximate surface area is 241 Å². The van der Waals surface area contributed by atoms with Crippen LogP contribution in [0.5, 0.6) is 11.5 Å². The Morgan fingerprint density at radius 1 is 1.17 bits per heavy atom. The highest BCUT2D eigenvalue weighted by Crippen LogP contribution is 2.30. The number of nitro benzene ring substituents is 1. The Kier molecular flexibility index (Phi) is 8.01. The van der Waals surface area contributed by atoms with E-state index in [9.17, 15) is 14.9 Å². The van der Waals surface area contributed by atoms with Crippen molar-refractivity contribution in [3.63, 3.8) is 0 Å². The Bertz CT molecular complexity index is 1790. The number of aromatic nitrogens is 5. The second-order valence-corrected chi connectivity index (χ2v) is 8.94. The first kappa shape index (κ1) is 27.7. The van der Waals surface area contributed by atoms with E-state index in [0.29, 0.717) is 28.7 Å². The van der Waals surface area contributed by atoms with Crippen molar-refractivity contribution in [2.45, 2.75) is 6.61 Å². The predicted molar refractivity (Wildman–Crippen MR) is 150 cm³/mol. The molecule has 0 saturated carbocycles. The van der Waals surface area contributed by atoms with Crippen molar-refractivity contribution in [3.05, 3.63) is 98.7 Å². The molecule has 1 amide bonds. The number of methoxy groups -OCH3 is 1. The van der Waals surface area contributed by atoms with Gasteiger partial charge >= 0.3 is 0 Å². The van der Waals surface area contributed by atoms with Gasteiger partial charge in [-0.3, -0.25) is 14.9 Å². The number of hydrogen-bond acceptors (Lipinski definition) is 12. The van der Waals surface area contributed by atoms with Crippen LogP contribution in [0.2, 0.25) is 5.02 Å². The average molecular weight is 590 g/mol. The normalized spacial score (nSPS) is 11.0. The zero-order valence-corrected chi connectivity index (χ0v) is 22.4. The van der Waals surface area contributed by atoms with Crippen LogP contribution in [0.3, 0.4) is 0 Å². The van der Waals surface area contributed by atoms with Crippen molar-refractivity contribution in [2.75, 3.05) is 12.8 Å². The minimum Gasteiger partial charge on any atom is -0.493 e. The van der Waals surface area contributed by atoms with E-state index in [1.807, 2.05) is 12.1 Å². The molecular weight excluding hydrogens is 570 g/mol. The highest BCUT2D eigenvalue weighted by atomic mass is 35.5. The molecule has 0 bridgehead atoms. The predicted octanol–water partition coefficient (Wildman–Crippen LogP) is 3.81. The molecule has 2 heterocycles. The van der Waals surface area contributed by atoms with Crippen molar-refractivity contribution < 1.29 is 23.8 Å². The third kappa shape index (κ3) is 6.00. The summed E-state index contributed by atoms with van der Waals surface area (Å²) in [6.07, 6.45) is 1.39. The molecular formula is C26H20ClN9O6. The number of nitrogens with zero attached hydrogens (tertiary/aromatic N) is 7. The van der Waals surface area contributed by atoms with Crippen LogP contribution in [0, 0.1) is 10.1 Å². The number of amides is 1. The van der Waals surface area contributed by atoms with Gasteiger partial charge in [-0.2, -0.15) is 9.78 Å². The highest BCUT2D eigenvalue weighted by Gasteiger charge is 2.26. The monoisotopic (exact) mass is 589 g/mol. The lowest BCUT2D eigenvalue weighted by molar-refractivity contribution is -0.384. The summed E-state index contributed by atoms with van der Waals surface area (Å²) in [6.45, 7) is 0.306. The number of benzene rings is 3. The number of nitrogens with two attached hydrogens (primary N) is 1. The fourth-order valence-electron chi connectivity index (χ4n) is 3.79. The molecule has 15 nitrogen and oxygen atoms in total. The third-order valence-electron chi connectivity index (χ3n) is 5.79. The van der Waals surface area contributed by atoms with Crippen molar-refractivity contribution in [3.8, 4) is 28.6 Å². The third-order valence-corrected chi connectivity index (χ3v) is 6.04.